The van der Waals surface area contributed by atoms with Crippen molar-refractivity contribution in [3.8, 4) is 0 Å². The number of hydrogen-bond donors (Lipinski definition) is 1. The van der Waals surface area contributed by atoms with Gasteiger partial charge in [0.25, 0.3) is 0 Å². The van der Waals surface area contributed by atoms with Gasteiger partial charge in [-0.3, -0.25) is 0 Å². The zero-order chi connectivity index (χ0) is 13.0. The quantitative estimate of drug-likeness (QED) is 0.893. The van der Waals surface area contributed by atoms with E-state index in [1.54, 1.807) is 0 Å². The lowest BCUT2D eigenvalue weighted by atomic mass is 9.89. The minimum atomic E-state index is 0.318. The molecule has 0 amide bonds. The van der Waals surface area contributed by atoms with Crippen molar-refractivity contribution < 1.29 is 4.74 Å². The van der Waals surface area contributed by atoms with Gasteiger partial charge in [-0.05, 0) is 56.0 Å². The van der Waals surface area contributed by atoms with Crippen LogP contribution in [0.5, 0.6) is 0 Å². The van der Waals surface area contributed by atoms with Gasteiger partial charge in [-0.2, -0.15) is 0 Å². The van der Waals surface area contributed by atoms with Crippen LogP contribution in [0.2, 0.25) is 5.02 Å². The Kier molecular flexibility index (Phi) is 5.49. The van der Waals surface area contributed by atoms with Crippen LogP contribution in [0.25, 0.3) is 0 Å². The summed E-state index contributed by atoms with van der Waals surface area (Å²) in [5, 5.41) is 4.23. The van der Waals surface area contributed by atoms with Gasteiger partial charge in [0, 0.05) is 28.8 Å². The number of nitrogens with one attached hydrogen (secondary N) is 1. The van der Waals surface area contributed by atoms with E-state index in [2.05, 4.69) is 27.3 Å². The molecule has 1 aliphatic rings. The zero-order valence-electron chi connectivity index (χ0n) is 10.6. The number of hydrogen-bond acceptors (Lipinski definition) is 2. The SMILES string of the molecule is CNC(CC1CCOCC1)c1cc(Br)ccc1Cl. The molecular weight excluding hydrogens is 314 g/mol. The first-order valence-corrected chi connectivity index (χ1v) is 7.57. The van der Waals surface area contributed by atoms with Crippen LogP contribution in [-0.4, -0.2) is 20.3 Å². The van der Waals surface area contributed by atoms with Crippen molar-refractivity contribution in [3.05, 3.63) is 33.3 Å². The first-order chi connectivity index (χ1) is 8.70. The van der Waals surface area contributed by atoms with Crippen LogP contribution in [0.3, 0.4) is 0 Å². The second kappa shape index (κ2) is 6.90. The van der Waals surface area contributed by atoms with E-state index in [-0.39, 0.29) is 0 Å². The highest BCUT2D eigenvalue weighted by molar-refractivity contribution is 9.10. The molecule has 1 saturated heterocycles. The first kappa shape index (κ1) is 14.3. The van der Waals surface area contributed by atoms with Crippen molar-refractivity contribution in [1.82, 2.24) is 5.32 Å². The summed E-state index contributed by atoms with van der Waals surface area (Å²) in [4.78, 5) is 0. The number of benzene rings is 1. The monoisotopic (exact) mass is 331 g/mol. The van der Waals surface area contributed by atoms with Gasteiger partial charge >= 0.3 is 0 Å². The van der Waals surface area contributed by atoms with E-state index in [1.165, 1.54) is 5.56 Å². The molecule has 1 unspecified atom stereocenters. The molecule has 0 bridgehead atoms. The molecule has 2 nitrogen and oxygen atoms in total. The highest BCUT2D eigenvalue weighted by Gasteiger charge is 2.21. The molecule has 1 atom stereocenters. The topological polar surface area (TPSA) is 21.3 Å². The van der Waals surface area contributed by atoms with Crippen molar-refractivity contribution in [3.63, 3.8) is 0 Å². The summed E-state index contributed by atoms with van der Waals surface area (Å²) in [5.74, 6) is 0.728. The third-order valence-corrected chi connectivity index (χ3v) is 4.43. The van der Waals surface area contributed by atoms with Crippen molar-refractivity contribution >= 4 is 27.5 Å². The smallest absolute Gasteiger partial charge is 0.0468 e. The Bertz CT molecular complexity index is 393. The van der Waals surface area contributed by atoms with E-state index in [0.29, 0.717) is 6.04 Å². The first-order valence-electron chi connectivity index (χ1n) is 6.40. The molecule has 1 aromatic rings. The molecule has 1 aliphatic heterocycles. The van der Waals surface area contributed by atoms with Crippen molar-refractivity contribution in [2.45, 2.75) is 25.3 Å². The van der Waals surface area contributed by atoms with E-state index in [4.69, 9.17) is 16.3 Å². The largest absolute Gasteiger partial charge is 0.381 e. The number of ether oxygens (including phenoxy) is 1. The minimum Gasteiger partial charge on any atom is -0.381 e. The van der Waals surface area contributed by atoms with E-state index in [9.17, 15) is 0 Å². The van der Waals surface area contributed by atoms with Crippen LogP contribution in [0.15, 0.2) is 22.7 Å². The Hall–Kier alpha value is -0.0900. The molecule has 0 spiro atoms. The van der Waals surface area contributed by atoms with Gasteiger partial charge in [-0.15, -0.1) is 0 Å². The normalized spacial score (nSPS) is 18.8. The summed E-state index contributed by atoms with van der Waals surface area (Å²) in [7, 11) is 2.00. The third kappa shape index (κ3) is 3.70. The van der Waals surface area contributed by atoms with Gasteiger partial charge in [-0.1, -0.05) is 27.5 Å². The fourth-order valence-corrected chi connectivity index (χ4v) is 3.13. The van der Waals surface area contributed by atoms with E-state index < -0.39 is 0 Å². The van der Waals surface area contributed by atoms with E-state index in [0.717, 1.165) is 47.9 Å². The Morgan fingerprint density at radius 1 is 1.44 bits per heavy atom. The van der Waals surface area contributed by atoms with Crippen LogP contribution in [0.4, 0.5) is 0 Å². The zero-order valence-corrected chi connectivity index (χ0v) is 12.9. The predicted molar refractivity (Wildman–Crippen MR) is 79.1 cm³/mol. The van der Waals surface area contributed by atoms with Crippen molar-refractivity contribution in [2.75, 3.05) is 20.3 Å². The summed E-state index contributed by atoms with van der Waals surface area (Å²) in [6.07, 6.45) is 3.43. The second-order valence-corrected chi connectivity index (χ2v) is 6.12. The molecule has 1 fully saturated rings. The maximum atomic E-state index is 6.30. The molecule has 1 heterocycles. The molecule has 1 aromatic carbocycles. The molecule has 2 rings (SSSR count). The summed E-state index contributed by atoms with van der Waals surface area (Å²) in [6, 6.07) is 6.36. The minimum absolute atomic E-state index is 0.318. The summed E-state index contributed by atoms with van der Waals surface area (Å²) >= 11 is 9.81. The van der Waals surface area contributed by atoms with Gasteiger partial charge in [0.1, 0.15) is 0 Å². The Morgan fingerprint density at radius 2 is 2.17 bits per heavy atom. The molecule has 100 valence electrons. The van der Waals surface area contributed by atoms with Crippen molar-refractivity contribution in [1.29, 1.82) is 0 Å². The fraction of sp³-hybridized carbons (Fsp3) is 0.571. The summed E-state index contributed by atoms with van der Waals surface area (Å²) in [6.45, 7) is 1.79. The average molecular weight is 333 g/mol. The van der Waals surface area contributed by atoms with Crippen LogP contribution in [0, 0.1) is 5.92 Å². The summed E-state index contributed by atoms with van der Waals surface area (Å²) < 4.78 is 6.49. The number of rotatable bonds is 4. The molecule has 1 N–H and O–H groups in total. The van der Waals surface area contributed by atoms with E-state index >= 15 is 0 Å². The second-order valence-electron chi connectivity index (χ2n) is 4.80. The molecule has 18 heavy (non-hydrogen) atoms. The van der Waals surface area contributed by atoms with Gasteiger partial charge < -0.3 is 10.1 Å². The Morgan fingerprint density at radius 3 is 2.83 bits per heavy atom. The van der Waals surface area contributed by atoms with Crippen LogP contribution >= 0.6 is 27.5 Å². The lowest BCUT2D eigenvalue weighted by molar-refractivity contribution is 0.0608. The van der Waals surface area contributed by atoms with Gasteiger partial charge in [0.05, 0.1) is 0 Å². The van der Waals surface area contributed by atoms with Gasteiger partial charge in [-0.25, -0.2) is 0 Å². The maximum absolute atomic E-state index is 6.30. The standard InChI is InChI=1S/C14H19BrClNO/c1-17-14(8-10-4-6-18-7-5-10)12-9-11(15)2-3-13(12)16/h2-3,9-10,14,17H,4-8H2,1H3. The lowest BCUT2D eigenvalue weighted by Gasteiger charge is -2.27. The lowest BCUT2D eigenvalue weighted by Crippen LogP contribution is -2.24. The van der Waals surface area contributed by atoms with Gasteiger partial charge in [0.15, 0.2) is 0 Å². The van der Waals surface area contributed by atoms with Crippen molar-refractivity contribution in [2.24, 2.45) is 5.92 Å². The molecule has 0 saturated carbocycles. The Labute approximate surface area is 122 Å². The number of halogens is 2. The highest BCUT2D eigenvalue weighted by Crippen LogP contribution is 2.32. The van der Waals surface area contributed by atoms with Crippen LogP contribution in [-0.2, 0) is 4.74 Å². The Balaban J connectivity index is 2.09. The predicted octanol–water partition coefficient (Wildman–Crippen LogP) is 4.18. The molecule has 0 aliphatic carbocycles. The molecule has 0 radical (unpaired) electrons. The van der Waals surface area contributed by atoms with Crippen LogP contribution in [0.1, 0.15) is 30.9 Å². The summed E-state index contributed by atoms with van der Waals surface area (Å²) in [5.41, 5.74) is 1.18. The molecule has 4 heteroatoms. The maximum Gasteiger partial charge on any atom is 0.0468 e. The van der Waals surface area contributed by atoms with E-state index in [1.807, 2.05) is 19.2 Å². The third-order valence-electron chi connectivity index (χ3n) is 3.59. The molecular formula is C14H19BrClNO. The fourth-order valence-electron chi connectivity index (χ4n) is 2.50. The highest BCUT2D eigenvalue weighted by atomic mass is 79.9. The average Bonchev–Trinajstić information content (AvgIpc) is 2.40. The van der Waals surface area contributed by atoms with Crippen LogP contribution < -0.4 is 5.32 Å². The molecule has 0 aromatic heterocycles. The van der Waals surface area contributed by atoms with Gasteiger partial charge in [0.2, 0.25) is 0 Å².